The van der Waals surface area contributed by atoms with Crippen molar-refractivity contribution >= 4 is 36.6 Å². The lowest BCUT2D eigenvalue weighted by Crippen LogP contribution is -2.27. The molecule has 0 aliphatic rings. The van der Waals surface area contributed by atoms with Gasteiger partial charge in [0.25, 0.3) is 0 Å². The summed E-state index contributed by atoms with van der Waals surface area (Å²) in [6.45, 7) is 10.7. The van der Waals surface area contributed by atoms with Crippen molar-refractivity contribution in [3.8, 4) is 0 Å². The van der Waals surface area contributed by atoms with Crippen LogP contribution in [-0.4, -0.2) is 14.0 Å². The zero-order valence-corrected chi connectivity index (χ0v) is 14.2. The number of rotatable bonds is 3. The minimum Gasteiger partial charge on any atom is -0.408 e. The van der Waals surface area contributed by atoms with Crippen molar-refractivity contribution in [2.24, 2.45) is 5.41 Å². The van der Waals surface area contributed by atoms with Crippen LogP contribution in [0.5, 0.6) is 0 Å². The Morgan fingerprint density at radius 3 is 2.41 bits per heavy atom. The van der Waals surface area contributed by atoms with Gasteiger partial charge in [-0.05, 0) is 40.5 Å². The van der Waals surface area contributed by atoms with Crippen molar-refractivity contribution in [1.29, 1.82) is 0 Å². The van der Waals surface area contributed by atoms with Gasteiger partial charge in [0.2, 0.25) is 9.04 Å². The van der Waals surface area contributed by atoms with E-state index in [1.807, 2.05) is 6.07 Å². The molecule has 0 bridgehead atoms. The molecule has 1 aromatic rings. The fourth-order valence-electron chi connectivity index (χ4n) is 1.50. The standard InChI is InChI=1S/C12H18BrClNOSi/c1-12(2,3)11(16-17(4)5)10-9(14)6-8(13)7-15-10/h6-7,11H,1-5H3. The van der Waals surface area contributed by atoms with Crippen LogP contribution in [0.1, 0.15) is 32.6 Å². The van der Waals surface area contributed by atoms with Crippen LogP contribution in [0.15, 0.2) is 16.7 Å². The topological polar surface area (TPSA) is 22.1 Å². The highest BCUT2D eigenvalue weighted by Crippen LogP contribution is 2.39. The van der Waals surface area contributed by atoms with Crippen LogP contribution in [0, 0.1) is 5.41 Å². The van der Waals surface area contributed by atoms with Crippen molar-refractivity contribution < 1.29 is 4.43 Å². The maximum absolute atomic E-state index is 6.25. The Labute approximate surface area is 119 Å². The third-order valence-electron chi connectivity index (χ3n) is 2.22. The second kappa shape index (κ2) is 5.82. The molecule has 0 aliphatic carbocycles. The van der Waals surface area contributed by atoms with Crippen molar-refractivity contribution in [2.75, 3.05) is 0 Å². The van der Waals surface area contributed by atoms with Crippen molar-refractivity contribution in [3.05, 3.63) is 27.5 Å². The molecule has 1 unspecified atom stereocenters. The molecule has 1 atom stereocenters. The lowest BCUT2D eigenvalue weighted by atomic mass is 9.87. The summed E-state index contributed by atoms with van der Waals surface area (Å²) in [6.07, 6.45) is 1.70. The third kappa shape index (κ3) is 4.36. The Morgan fingerprint density at radius 2 is 2.00 bits per heavy atom. The van der Waals surface area contributed by atoms with Crippen LogP contribution in [-0.2, 0) is 4.43 Å². The van der Waals surface area contributed by atoms with Crippen molar-refractivity contribution in [1.82, 2.24) is 4.98 Å². The smallest absolute Gasteiger partial charge is 0.205 e. The Bertz CT molecular complexity index is 393. The largest absolute Gasteiger partial charge is 0.408 e. The number of hydrogen-bond donors (Lipinski definition) is 0. The van der Waals surface area contributed by atoms with Gasteiger partial charge < -0.3 is 4.43 Å². The molecule has 0 amide bonds. The molecule has 0 saturated heterocycles. The van der Waals surface area contributed by atoms with Crippen molar-refractivity contribution in [2.45, 2.75) is 40.0 Å². The van der Waals surface area contributed by atoms with Crippen molar-refractivity contribution in [3.63, 3.8) is 0 Å². The summed E-state index contributed by atoms with van der Waals surface area (Å²) in [6, 6.07) is 1.86. The molecular formula is C12H18BrClNOSi. The number of aromatic nitrogens is 1. The van der Waals surface area contributed by atoms with Crippen LogP contribution < -0.4 is 0 Å². The quantitative estimate of drug-likeness (QED) is 0.736. The van der Waals surface area contributed by atoms with Gasteiger partial charge in [0, 0.05) is 10.7 Å². The molecule has 5 heteroatoms. The molecule has 0 spiro atoms. The van der Waals surface area contributed by atoms with Gasteiger partial charge in [-0.1, -0.05) is 32.4 Å². The van der Waals surface area contributed by atoms with Gasteiger partial charge in [0.05, 0.1) is 16.8 Å². The monoisotopic (exact) mass is 334 g/mol. The molecule has 1 aromatic heterocycles. The molecule has 0 fully saturated rings. The molecule has 17 heavy (non-hydrogen) atoms. The average molecular weight is 336 g/mol. The summed E-state index contributed by atoms with van der Waals surface area (Å²) in [5.41, 5.74) is 0.806. The first-order valence-electron chi connectivity index (χ1n) is 5.49. The molecule has 1 heterocycles. The van der Waals surface area contributed by atoms with E-state index in [0.717, 1.165) is 10.2 Å². The highest BCUT2D eigenvalue weighted by atomic mass is 79.9. The minimum absolute atomic E-state index is 0.0214. The normalized spacial score (nSPS) is 14.1. The molecule has 0 aromatic carbocycles. The molecular weight excluding hydrogens is 318 g/mol. The van der Waals surface area contributed by atoms with E-state index in [1.165, 1.54) is 0 Å². The predicted molar refractivity (Wildman–Crippen MR) is 77.7 cm³/mol. The summed E-state index contributed by atoms with van der Waals surface area (Å²) in [5, 5.41) is 0.655. The summed E-state index contributed by atoms with van der Waals surface area (Å²) < 4.78 is 6.95. The summed E-state index contributed by atoms with van der Waals surface area (Å²) in [7, 11) is -0.800. The summed E-state index contributed by atoms with van der Waals surface area (Å²) in [5.74, 6) is 0. The maximum atomic E-state index is 6.25. The van der Waals surface area contributed by atoms with E-state index in [-0.39, 0.29) is 11.5 Å². The highest BCUT2D eigenvalue weighted by molar-refractivity contribution is 9.10. The Balaban J connectivity index is 3.13. The molecule has 2 nitrogen and oxygen atoms in total. The second-order valence-corrected chi connectivity index (χ2v) is 8.67. The Morgan fingerprint density at radius 1 is 1.41 bits per heavy atom. The van der Waals surface area contributed by atoms with Gasteiger partial charge in [0.15, 0.2) is 0 Å². The van der Waals surface area contributed by atoms with Gasteiger partial charge >= 0.3 is 0 Å². The zero-order chi connectivity index (χ0) is 13.2. The van der Waals surface area contributed by atoms with Crippen LogP contribution >= 0.6 is 27.5 Å². The van der Waals surface area contributed by atoms with E-state index >= 15 is 0 Å². The zero-order valence-electron chi connectivity index (χ0n) is 10.8. The first-order valence-corrected chi connectivity index (χ1v) is 9.07. The molecule has 0 aliphatic heterocycles. The number of pyridine rings is 1. The SMILES string of the molecule is C[Si](C)OC(c1ncc(Br)cc1Cl)C(C)(C)C. The Kier molecular flexibility index (Phi) is 5.19. The number of hydrogen-bond acceptors (Lipinski definition) is 2. The molecule has 0 N–H and O–H groups in total. The predicted octanol–water partition coefficient (Wildman–Crippen LogP) is 4.85. The second-order valence-electron chi connectivity index (χ2n) is 5.29. The van der Waals surface area contributed by atoms with E-state index in [9.17, 15) is 0 Å². The van der Waals surface area contributed by atoms with E-state index in [1.54, 1.807) is 6.20 Å². The fraction of sp³-hybridized carbons (Fsp3) is 0.583. The Hall–Kier alpha value is 0.0969. The first-order chi connectivity index (χ1) is 7.71. The lowest BCUT2D eigenvalue weighted by molar-refractivity contribution is 0.0828. The highest BCUT2D eigenvalue weighted by Gasteiger charge is 2.31. The van der Waals surface area contributed by atoms with E-state index in [4.69, 9.17) is 16.0 Å². The van der Waals surface area contributed by atoms with E-state index in [0.29, 0.717) is 5.02 Å². The lowest BCUT2D eigenvalue weighted by Gasteiger charge is -2.32. The summed E-state index contributed by atoms with van der Waals surface area (Å²) >= 11 is 9.62. The minimum atomic E-state index is -0.800. The van der Waals surface area contributed by atoms with Gasteiger partial charge in [0.1, 0.15) is 0 Å². The van der Waals surface area contributed by atoms with Gasteiger partial charge in [-0.15, -0.1) is 0 Å². The van der Waals surface area contributed by atoms with E-state index < -0.39 is 9.04 Å². The number of halogens is 2. The third-order valence-corrected chi connectivity index (χ3v) is 3.67. The van der Waals surface area contributed by atoms with Gasteiger partial charge in [-0.3, -0.25) is 4.98 Å². The van der Waals surface area contributed by atoms with Crippen LogP contribution in [0.4, 0.5) is 0 Å². The van der Waals surface area contributed by atoms with E-state index in [2.05, 4.69) is 54.8 Å². The average Bonchev–Trinajstić information content (AvgIpc) is 2.13. The van der Waals surface area contributed by atoms with Crippen LogP contribution in [0.25, 0.3) is 0 Å². The van der Waals surface area contributed by atoms with Crippen LogP contribution in [0.2, 0.25) is 18.1 Å². The molecule has 1 radical (unpaired) electrons. The van der Waals surface area contributed by atoms with Gasteiger partial charge in [-0.2, -0.15) is 0 Å². The van der Waals surface area contributed by atoms with Gasteiger partial charge in [-0.25, -0.2) is 0 Å². The number of nitrogens with zero attached hydrogens (tertiary/aromatic N) is 1. The molecule has 0 saturated carbocycles. The molecule has 95 valence electrons. The molecule has 1 rings (SSSR count). The first kappa shape index (κ1) is 15.2. The maximum Gasteiger partial charge on any atom is 0.205 e. The fourth-order valence-corrected chi connectivity index (χ4v) is 3.16. The summed E-state index contributed by atoms with van der Waals surface area (Å²) in [4.78, 5) is 4.41. The van der Waals surface area contributed by atoms with Crippen LogP contribution in [0.3, 0.4) is 0 Å².